The minimum atomic E-state index is 0.529. The van der Waals surface area contributed by atoms with Gasteiger partial charge in [-0.05, 0) is 24.7 Å². The second kappa shape index (κ2) is 3.20. The van der Waals surface area contributed by atoms with Crippen LogP contribution in [0.1, 0.15) is 45.4 Å². The summed E-state index contributed by atoms with van der Waals surface area (Å²) in [6, 6.07) is 0. The summed E-state index contributed by atoms with van der Waals surface area (Å²) in [6.07, 6.45) is 7.43. The summed E-state index contributed by atoms with van der Waals surface area (Å²) in [5.41, 5.74) is 0. The van der Waals surface area contributed by atoms with E-state index in [1.54, 1.807) is 0 Å². The Morgan fingerprint density at radius 1 is 1.42 bits per heavy atom. The highest BCUT2D eigenvalue weighted by atomic mass is 16.1. The molecule has 0 radical (unpaired) electrons. The number of unbranched alkanes of at least 4 members (excludes halogenated alkanes) is 2. The van der Waals surface area contributed by atoms with Gasteiger partial charge in [0.1, 0.15) is 5.78 Å². The summed E-state index contributed by atoms with van der Waals surface area (Å²) in [6.45, 7) is 2.24. The molecule has 0 amide bonds. The van der Waals surface area contributed by atoms with E-state index in [2.05, 4.69) is 6.92 Å². The Hall–Kier alpha value is -0.330. The average molecular weight is 166 g/mol. The van der Waals surface area contributed by atoms with Gasteiger partial charge in [-0.1, -0.05) is 26.2 Å². The van der Waals surface area contributed by atoms with E-state index in [0.717, 1.165) is 18.3 Å². The van der Waals surface area contributed by atoms with Crippen LogP contribution in [0.25, 0.3) is 0 Å². The van der Waals surface area contributed by atoms with Crippen molar-refractivity contribution in [1.82, 2.24) is 0 Å². The van der Waals surface area contributed by atoms with E-state index in [1.165, 1.54) is 32.1 Å². The van der Waals surface area contributed by atoms with Crippen molar-refractivity contribution in [2.45, 2.75) is 45.4 Å². The zero-order valence-electron chi connectivity index (χ0n) is 7.88. The molecule has 2 fully saturated rings. The minimum Gasteiger partial charge on any atom is -0.299 e. The fraction of sp³-hybridized carbons (Fsp3) is 0.909. The quantitative estimate of drug-likeness (QED) is 0.587. The zero-order chi connectivity index (χ0) is 8.55. The van der Waals surface area contributed by atoms with Gasteiger partial charge < -0.3 is 0 Å². The van der Waals surface area contributed by atoms with Crippen molar-refractivity contribution in [3.63, 3.8) is 0 Å². The lowest BCUT2D eigenvalue weighted by atomic mass is 10.0. The lowest BCUT2D eigenvalue weighted by molar-refractivity contribution is -0.119. The number of carbonyl (C=O) groups is 1. The van der Waals surface area contributed by atoms with E-state index in [9.17, 15) is 4.79 Å². The number of hydrogen-bond acceptors (Lipinski definition) is 1. The predicted octanol–water partition coefficient (Wildman–Crippen LogP) is 2.79. The Bertz CT molecular complexity index is 185. The summed E-state index contributed by atoms with van der Waals surface area (Å²) in [5, 5.41) is 0. The number of fused-ring (bicyclic) bond motifs is 1. The molecule has 2 aliphatic carbocycles. The fourth-order valence-electron chi connectivity index (χ4n) is 2.82. The van der Waals surface area contributed by atoms with Crippen molar-refractivity contribution in [2.75, 3.05) is 0 Å². The molecule has 1 heteroatoms. The number of Topliss-reactive ketones (excluding diaryl/α,β-unsaturated/α-hetero) is 1. The summed E-state index contributed by atoms with van der Waals surface area (Å²) in [5.74, 6) is 2.75. The Labute approximate surface area is 74.5 Å². The molecule has 2 rings (SSSR count). The third-order valence-corrected chi connectivity index (χ3v) is 3.57. The first-order valence-electron chi connectivity index (χ1n) is 5.37. The van der Waals surface area contributed by atoms with Gasteiger partial charge in [0, 0.05) is 12.3 Å². The summed E-state index contributed by atoms with van der Waals surface area (Å²) in [7, 11) is 0. The van der Waals surface area contributed by atoms with E-state index < -0.39 is 0 Å². The number of ketones is 1. The molecule has 1 nitrogen and oxygen atoms in total. The first kappa shape index (κ1) is 8.28. The van der Waals surface area contributed by atoms with Crippen LogP contribution >= 0.6 is 0 Å². The molecule has 0 aliphatic heterocycles. The molecule has 0 heterocycles. The molecule has 0 bridgehead atoms. The van der Waals surface area contributed by atoms with Gasteiger partial charge in [-0.25, -0.2) is 0 Å². The molecule has 68 valence electrons. The van der Waals surface area contributed by atoms with Gasteiger partial charge in [0.2, 0.25) is 0 Å². The Morgan fingerprint density at radius 3 is 2.83 bits per heavy atom. The second-order valence-corrected chi connectivity index (χ2v) is 4.35. The first-order chi connectivity index (χ1) is 5.84. The Kier molecular flexibility index (Phi) is 2.20. The molecule has 0 aromatic heterocycles. The van der Waals surface area contributed by atoms with Crippen LogP contribution in [0, 0.1) is 17.8 Å². The van der Waals surface area contributed by atoms with E-state index in [0.29, 0.717) is 11.7 Å². The van der Waals surface area contributed by atoms with Crippen LogP contribution in [0.4, 0.5) is 0 Å². The van der Waals surface area contributed by atoms with Crippen LogP contribution in [0.15, 0.2) is 0 Å². The molecule has 12 heavy (non-hydrogen) atoms. The number of hydrogen-bond donors (Lipinski definition) is 0. The van der Waals surface area contributed by atoms with Gasteiger partial charge in [-0.3, -0.25) is 4.79 Å². The van der Waals surface area contributed by atoms with Gasteiger partial charge in [0.05, 0.1) is 0 Å². The average Bonchev–Trinajstić information content (AvgIpc) is 2.62. The minimum absolute atomic E-state index is 0.529. The van der Waals surface area contributed by atoms with Crippen LogP contribution < -0.4 is 0 Å². The predicted molar refractivity (Wildman–Crippen MR) is 48.9 cm³/mol. The maximum absolute atomic E-state index is 11.3. The van der Waals surface area contributed by atoms with Crippen molar-refractivity contribution in [3.8, 4) is 0 Å². The maximum Gasteiger partial charge on any atom is 0.136 e. The first-order valence-corrected chi connectivity index (χ1v) is 5.37. The van der Waals surface area contributed by atoms with Gasteiger partial charge in [0.15, 0.2) is 0 Å². The number of rotatable bonds is 4. The van der Waals surface area contributed by atoms with Crippen molar-refractivity contribution in [3.05, 3.63) is 0 Å². The lowest BCUT2D eigenvalue weighted by Gasteiger charge is -2.00. The number of carbonyl (C=O) groups excluding carboxylic acids is 1. The fourth-order valence-corrected chi connectivity index (χ4v) is 2.82. The standard InChI is InChI=1S/C11H18O/c1-2-3-4-5-8-9-6-7-10(12)11(8)9/h8-9,11H,2-7H2,1H3/t8-,9+,11-/m1/s1. The van der Waals surface area contributed by atoms with E-state index in [4.69, 9.17) is 0 Å². The Balaban J connectivity index is 1.70. The summed E-state index contributed by atoms with van der Waals surface area (Å²) < 4.78 is 0. The van der Waals surface area contributed by atoms with Gasteiger partial charge in [0.25, 0.3) is 0 Å². The van der Waals surface area contributed by atoms with Crippen LogP contribution in [0.2, 0.25) is 0 Å². The topological polar surface area (TPSA) is 17.1 Å². The van der Waals surface area contributed by atoms with E-state index in [1.807, 2.05) is 0 Å². The smallest absolute Gasteiger partial charge is 0.136 e. The molecule has 0 spiro atoms. The zero-order valence-corrected chi connectivity index (χ0v) is 7.88. The van der Waals surface area contributed by atoms with Gasteiger partial charge in [-0.15, -0.1) is 0 Å². The van der Waals surface area contributed by atoms with E-state index >= 15 is 0 Å². The highest BCUT2D eigenvalue weighted by Crippen LogP contribution is 2.57. The van der Waals surface area contributed by atoms with Crippen molar-refractivity contribution < 1.29 is 4.79 Å². The molecule has 0 unspecified atom stereocenters. The highest BCUT2D eigenvalue weighted by Gasteiger charge is 2.56. The molecule has 0 saturated heterocycles. The highest BCUT2D eigenvalue weighted by molar-refractivity contribution is 5.87. The van der Waals surface area contributed by atoms with Gasteiger partial charge >= 0.3 is 0 Å². The summed E-state index contributed by atoms with van der Waals surface area (Å²) in [4.78, 5) is 11.3. The maximum atomic E-state index is 11.3. The molecule has 0 N–H and O–H groups in total. The van der Waals surface area contributed by atoms with Crippen molar-refractivity contribution in [2.24, 2.45) is 17.8 Å². The lowest BCUT2D eigenvalue weighted by Crippen LogP contribution is -1.99. The molecule has 2 aliphatic rings. The third kappa shape index (κ3) is 1.30. The normalized spacial score (nSPS) is 38.4. The van der Waals surface area contributed by atoms with Crippen LogP contribution in [-0.4, -0.2) is 5.78 Å². The largest absolute Gasteiger partial charge is 0.299 e. The monoisotopic (exact) mass is 166 g/mol. The third-order valence-electron chi connectivity index (χ3n) is 3.57. The van der Waals surface area contributed by atoms with Crippen LogP contribution in [0.5, 0.6) is 0 Å². The molecule has 0 aromatic carbocycles. The Morgan fingerprint density at radius 2 is 2.25 bits per heavy atom. The van der Waals surface area contributed by atoms with Gasteiger partial charge in [-0.2, -0.15) is 0 Å². The molecular formula is C11H18O. The van der Waals surface area contributed by atoms with E-state index in [-0.39, 0.29) is 0 Å². The SMILES string of the molecule is CCCCC[C@@H]1[C@@H]2CCC(=O)[C@H]12. The van der Waals surface area contributed by atoms with Crippen molar-refractivity contribution in [1.29, 1.82) is 0 Å². The molecular weight excluding hydrogens is 148 g/mol. The van der Waals surface area contributed by atoms with Crippen LogP contribution in [-0.2, 0) is 4.79 Å². The molecule has 3 atom stereocenters. The van der Waals surface area contributed by atoms with Crippen LogP contribution in [0.3, 0.4) is 0 Å². The molecule has 0 aromatic rings. The summed E-state index contributed by atoms with van der Waals surface area (Å²) >= 11 is 0. The second-order valence-electron chi connectivity index (χ2n) is 4.35. The molecule has 2 saturated carbocycles. The van der Waals surface area contributed by atoms with Crippen molar-refractivity contribution >= 4 is 5.78 Å².